The molecule has 0 saturated heterocycles. The second-order valence-corrected chi connectivity index (χ2v) is 4.67. The predicted molar refractivity (Wildman–Crippen MR) is 78.5 cm³/mol. The van der Waals surface area contributed by atoms with Crippen molar-refractivity contribution in [3.05, 3.63) is 11.4 Å². The van der Waals surface area contributed by atoms with Gasteiger partial charge in [-0.05, 0) is 13.3 Å². The van der Waals surface area contributed by atoms with E-state index in [4.69, 9.17) is 0 Å². The van der Waals surface area contributed by atoms with Gasteiger partial charge in [-0.1, -0.05) is 26.7 Å². The molecule has 0 aliphatic carbocycles. The van der Waals surface area contributed by atoms with Gasteiger partial charge in [0.1, 0.15) is 17.5 Å². The topological polar surface area (TPSA) is 41.1 Å². The van der Waals surface area contributed by atoms with Gasteiger partial charge >= 0.3 is 0 Å². The number of nitrogens with zero attached hydrogens (tertiary/aromatic N) is 3. The van der Waals surface area contributed by atoms with E-state index in [0.717, 1.165) is 36.0 Å². The first-order chi connectivity index (χ1) is 8.63. The van der Waals surface area contributed by atoms with Gasteiger partial charge in [0.2, 0.25) is 0 Å². The van der Waals surface area contributed by atoms with Crippen LogP contribution in [0.1, 0.15) is 44.5 Å². The Bertz CT molecular complexity index is 376. The van der Waals surface area contributed by atoms with Crippen LogP contribution in [0.3, 0.4) is 0 Å². The fourth-order valence-electron chi connectivity index (χ4n) is 2.03. The lowest BCUT2D eigenvalue weighted by Gasteiger charge is -2.22. The maximum atomic E-state index is 4.65. The quantitative estimate of drug-likeness (QED) is 0.755. The molecule has 1 aromatic heterocycles. The molecule has 0 atom stereocenters. The largest absolute Gasteiger partial charge is 0.373 e. The summed E-state index contributed by atoms with van der Waals surface area (Å²) < 4.78 is 0. The molecule has 1 rings (SSSR count). The Hall–Kier alpha value is -1.32. The molecule has 0 radical (unpaired) electrons. The van der Waals surface area contributed by atoms with E-state index in [2.05, 4.69) is 48.0 Å². The van der Waals surface area contributed by atoms with Crippen molar-refractivity contribution in [1.29, 1.82) is 0 Å². The smallest absolute Gasteiger partial charge is 0.137 e. The summed E-state index contributed by atoms with van der Waals surface area (Å²) in [6, 6.07) is 0. The molecule has 0 aromatic carbocycles. The van der Waals surface area contributed by atoms with Gasteiger partial charge in [0, 0.05) is 32.6 Å². The zero-order valence-corrected chi connectivity index (χ0v) is 12.4. The van der Waals surface area contributed by atoms with Gasteiger partial charge in [-0.15, -0.1) is 0 Å². The van der Waals surface area contributed by atoms with Crippen LogP contribution in [-0.4, -0.2) is 30.6 Å². The van der Waals surface area contributed by atoms with E-state index in [1.165, 1.54) is 19.3 Å². The summed E-state index contributed by atoms with van der Waals surface area (Å²) in [5.74, 6) is 2.91. The molecule has 18 heavy (non-hydrogen) atoms. The number of aromatic nitrogens is 2. The SMILES string of the molecule is CCCCCN(C)c1nc(CC)nc(NC)c1C. The van der Waals surface area contributed by atoms with Crippen LogP contribution in [0.5, 0.6) is 0 Å². The van der Waals surface area contributed by atoms with Crippen LogP contribution in [0, 0.1) is 6.92 Å². The summed E-state index contributed by atoms with van der Waals surface area (Å²) in [5.41, 5.74) is 1.13. The lowest BCUT2D eigenvalue weighted by Crippen LogP contribution is -2.22. The fraction of sp³-hybridized carbons (Fsp3) is 0.714. The van der Waals surface area contributed by atoms with Crippen LogP contribution in [0.25, 0.3) is 0 Å². The van der Waals surface area contributed by atoms with E-state index >= 15 is 0 Å². The summed E-state index contributed by atoms with van der Waals surface area (Å²) in [6.45, 7) is 7.45. The zero-order chi connectivity index (χ0) is 13.5. The van der Waals surface area contributed by atoms with Crippen molar-refractivity contribution >= 4 is 11.6 Å². The monoisotopic (exact) mass is 250 g/mol. The van der Waals surface area contributed by atoms with Gasteiger partial charge in [-0.2, -0.15) is 0 Å². The Morgan fingerprint density at radius 1 is 1.17 bits per heavy atom. The van der Waals surface area contributed by atoms with Crippen molar-refractivity contribution in [2.45, 2.75) is 46.5 Å². The third-order valence-corrected chi connectivity index (χ3v) is 3.18. The standard InChI is InChI=1S/C14H26N4/c1-6-8-9-10-18(5)14-11(3)13(15-4)16-12(7-2)17-14/h6-10H2,1-5H3,(H,15,16,17). The van der Waals surface area contributed by atoms with E-state index in [-0.39, 0.29) is 0 Å². The van der Waals surface area contributed by atoms with Crippen molar-refractivity contribution in [1.82, 2.24) is 9.97 Å². The number of nitrogens with one attached hydrogen (secondary N) is 1. The molecule has 1 aromatic rings. The number of aryl methyl sites for hydroxylation is 1. The van der Waals surface area contributed by atoms with Crippen molar-refractivity contribution < 1.29 is 0 Å². The maximum absolute atomic E-state index is 4.65. The molecule has 0 amide bonds. The average Bonchev–Trinajstić information content (AvgIpc) is 2.39. The van der Waals surface area contributed by atoms with Crippen LogP contribution < -0.4 is 10.2 Å². The number of hydrogen-bond donors (Lipinski definition) is 1. The molecule has 0 fully saturated rings. The lowest BCUT2D eigenvalue weighted by atomic mass is 10.2. The second kappa shape index (κ2) is 7.19. The van der Waals surface area contributed by atoms with Crippen LogP contribution in [0.4, 0.5) is 11.6 Å². The number of anilines is 2. The first kappa shape index (κ1) is 14.7. The van der Waals surface area contributed by atoms with E-state index in [1.54, 1.807) is 0 Å². The highest BCUT2D eigenvalue weighted by atomic mass is 15.2. The third-order valence-electron chi connectivity index (χ3n) is 3.18. The van der Waals surface area contributed by atoms with Gasteiger partial charge in [0.15, 0.2) is 0 Å². The first-order valence-corrected chi connectivity index (χ1v) is 6.90. The van der Waals surface area contributed by atoms with Gasteiger partial charge in [-0.25, -0.2) is 9.97 Å². The van der Waals surface area contributed by atoms with Crippen LogP contribution in [0.2, 0.25) is 0 Å². The minimum Gasteiger partial charge on any atom is -0.373 e. The summed E-state index contributed by atoms with van der Waals surface area (Å²) in [6.07, 6.45) is 4.60. The van der Waals surface area contributed by atoms with Crippen molar-refractivity contribution in [3.63, 3.8) is 0 Å². The Morgan fingerprint density at radius 3 is 2.44 bits per heavy atom. The highest BCUT2D eigenvalue weighted by molar-refractivity contribution is 5.58. The number of hydrogen-bond acceptors (Lipinski definition) is 4. The van der Waals surface area contributed by atoms with Crippen molar-refractivity contribution in [2.24, 2.45) is 0 Å². The van der Waals surface area contributed by atoms with E-state index in [0.29, 0.717) is 0 Å². The minimum absolute atomic E-state index is 0.866. The predicted octanol–water partition coefficient (Wildman–Crippen LogP) is 3.02. The molecule has 0 unspecified atom stereocenters. The molecule has 0 aliphatic heterocycles. The van der Waals surface area contributed by atoms with Crippen molar-refractivity contribution in [3.8, 4) is 0 Å². The molecular formula is C14H26N4. The van der Waals surface area contributed by atoms with E-state index in [9.17, 15) is 0 Å². The molecule has 0 bridgehead atoms. The van der Waals surface area contributed by atoms with Crippen LogP contribution >= 0.6 is 0 Å². The van der Waals surface area contributed by atoms with Gasteiger partial charge in [-0.3, -0.25) is 0 Å². The molecule has 4 heteroatoms. The average molecular weight is 250 g/mol. The highest BCUT2D eigenvalue weighted by Gasteiger charge is 2.12. The molecule has 1 heterocycles. The molecule has 0 saturated carbocycles. The summed E-state index contributed by atoms with van der Waals surface area (Å²) >= 11 is 0. The molecule has 102 valence electrons. The van der Waals surface area contributed by atoms with Gasteiger partial charge in [0.25, 0.3) is 0 Å². The summed E-state index contributed by atoms with van der Waals surface area (Å²) in [7, 11) is 4.03. The second-order valence-electron chi connectivity index (χ2n) is 4.67. The third kappa shape index (κ3) is 3.59. The normalized spacial score (nSPS) is 10.5. The fourth-order valence-corrected chi connectivity index (χ4v) is 2.03. The number of unbranched alkanes of at least 4 members (excludes halogenated alkanes) is 2. The van der Waals surface area contributed by atoms with Gasteiger partial charge in [0.05, 0.1) is 0 Å². The minimum atomic E-state index is 0.866. The molecule has 1 N–H and O–H groups in total. The van der Waals surface area contributed by atoms with E-state index in [1.807, 2.05) is 7.05 Å². The highest BCUT2D eigenvalue weighted by Crippen LogP contribution is 2.22. The Balaban J connectivity index is 2.91. The molecule has 0 spiro atoms. The summed E-state index contributed by atoms with van der Waals surface area (Å²) in [5, 5.41) is 3.15. The Morgan fingerprint density at radius 2 is 1.89 bits per heavy atom. The van der Waals surface area contributed by atoms with Gasteiger partial charge < -0.3 is 10.2 Å². The van der Waals surface area contributed by atoms with E-state index < -0.39 is 0 Å². The van der Waals surface area contributed by atoms with Crippen LogP contribution in [-0.2, 0) is 6.42 Å². The number of rotatable bonds is 7. The maximum Gasteiger partial charge on any atom is 0.137 e. The molecular weight excluding hydrogens is 224 g/mol. The van der Waals surface area contributed by atoms with Crippen molar-refractivity contribution in [2.75, 3.05) is 30.9 Å². The summed E-state index contributed by atoms with van der Waals surface area (Å²) in [4.78, 5) is 11.4. The molecule has 0 aliphatic rings. The Kier molecular flexibility index (Phi) is 5.89. The Labute approximate surface area is 111 Å². The first-order valence-electron chi connectivity index (χ1n) is 6.90. The molecule has 4 nitrogen and oxygen atoms in total. The van der Waals surface area contributed by atoms with Crippen LogP contribution in [0.15, 0.2) is 0 Å². The zero-order valence-electron chi connectivity index (χ0n) is 12.4. The lowest BCUT2D eigenvalue weighted by molar-refractivity contribution is 0.698.